The highest BCUT2D eigenvalue weighted by Crippen LogP contribution is 2.20. The van der Waals surface area contributed by atoms with Gasteiger partial charge in [-0.15, -0.1) is 0 Å². The van der Waals surface area contributed by atoms with E-state index in [2.05, 4.69) is 34.3 Å². The first kappa shape index (κ1) is 21.8. The van der Waals surface area contributed by atoms with Gasteiger partial charge in [0.15, 0.2) is 0 Å². The molecule has 1 saturated heterocycles. The van der Waals surface area contributed by atoms with Gasteiger partial charge in [0, 0.05) is 54.7 Å². The van der Waals surface area contributed by atoms with Crippen LogP contribution in [0.4, 0.5) is 17.5 Å². The number of carbonyl (C=O) groups is 1. The van der Waals surface area contributed by atoms with E-state index in [1.54, 1.807) is 6.08 Å². The van der Waals surface area contributed by atoms with E-state index in [0.717, 1.165) is 35.9 Å². The Bertz CT molecular complexity index is 1100. The second-order valence-corrected chi connectivity index (χ2v) is 8.32. The van der Waals surface area contributed by atoms with Crippen LogP contribution >= 0.6 is 11.6 Å². The number of nitrogens with one attached hydrogen (secondary N) is 1. The lowest BCUT2D eigenvalue weighted by molar-refractivity contribution is -0.126. The Labute approximate surface area is 193 Å². The fourth-order valence-corrected chi connectivity index (χ4v) is 3.66. The van der Waals surface area contributed by atoms with Crippen molar-refractivity contribution in [2.24, 2.45) is 0 Å². The van der Waals surface area contributed by atoms with Crippen molar-refractivity contribution in [3.05, 3.63) is 82.5 Å². The van der Waals surface area contributed by atoms with Crippen molar-refractivity contribution in [2.75, 3.05) is 36.4 Å². The standard InChI is InChI=1S/C25H26ClN5O/c1-18-3-10-22(11-4-18)28-25-27-19(2)17-23(29-25)30-13-15-31(16-14-30)24(32)12-7-20-5-8-21(26)9-6-20/h3-12,17H,13-16H2,1-2H3,(H,27,28,29)/b12-7+. The molecule has 7 heteroatoms. The van der Waals surface area contributed by atoms with E-state index in [-0.39, 0.29) is 5.91 Å². The van der Waals surface area contributed by atoms with Gasteiger partial charge in [-0.3, -0.25) is 4.79 Å². The van der Waals surface area contributed by atoms with Crippen LogP contribution in [0.1, 0.15) is 16.8 Å². The highest BCUT2D eigenvalue weighted by molar-refractivity contribution is 6.30. The average Bonchev–Trinajstić information content (AvgIpc) is 2.80. The van der Waals surface area contributed by atoms with Crippen molar-refractivity contribution in [1.82, 2.24) is 14.9 Å². The number of rotatable bonds is 5. The maximum Gasteiger partial charge on any atom is 0.246 e. The molecule has 32 heavy (non-hydrogen) atoms. The number of nitrogens with zero attached hydrogens (tertiary/aromatic N) is 4. The Morgan fingerprint density at radius 2 is 1.66 bits per heavy atom. The average molecular weight is 448 g/mol. The monoisotopic (exact) mass is 447 g/mol. The van der Waals surface area contributed by atoms with Gasteiger partial charge in [0.2, 0.25) is 11.9 Å². The van der Waals surface area contributed by atoms with Gasteiger partial charge in [0.1, 0.15) is 5.82 Å². The lowest BCUT2D eigenvalue weighted by Crippen LogP contribution is -2.48. The molecule has 3 aromatic rings. The van der Waals surface area contributed by atoms with E-state index in [1.165, 1.54) is 5.56 Å². The van der Waals surface area contributed by atoms with Crippen LogP contribution in [-0.2, 0) is 4.79 Å². The third-order valence-electron chi connectivity index (χ3n) is 5.35. The summed E-state index contributed by atoms with van der Waals surface area (Å²) in [7, 11) is 0. The van der Waals surface area contributed by atoms with Gasteiger partial charge in [-0.25, -0.2) is 4.98 Å². The van der Waals surface area contributed by atoms with E-state index >= 15 is 0 Å². The van der Waals surface area contributed by atoms with E-state index in [0.29, 0.717) is 24.1 Å². The molecular weight excluding hydrogens is 422 g/mol. The summed E-state index contributed by atoms with van der Waals surface area (Å²) in [5.41, 5.74) is 4.01. The van der Waals surface area contributed by atoms with Gasteiger partial charge in [-0.2, -0.15) is 4.98 Å². The van der Waals surface area contributed by atoms with Crippen LogP contribution in [0.5, 0.6) is 0 Å². The zero-order valence-electron chi connectivity index (χ0n) is 18.3. The number of amides is 1. The maximum absolute atomic E-state index is 12.6. The van der Waals surface area contributed by atoms with Gasteiger partial charge in [-0.1, -0.05) is 41.4 Å². The van der Waals surface area contributed by atoms with Crippen LogP contribution in [0.15, 0.2) is 60.7 Å². The first-order valence-electron chi connectivity index (χ1n) is 10.6. The summed E-state index contributed by atoms with van der Waals surface area (Å²) in [4.78, 5) is 25.9. The summed E-state index contributed by atoms with van der Waals surface area (Å²) in [6.45, 7) is 6.76. The lowest BCUT2D eigenvalue weighted by Gasteiger charge is -2.35. The molecule has 1 aromatic heterocycles. The predicted octanol–water partition coefficient (Wildman–Crippen LogP) is 4.85. The molecule has 1 N–H and O–H groups in total. The number of halogens is 1. The summed E-state index contributed by atoms with van der Waals surface area (Å²) < 4.78 is 0. The summed E-state index contributed by atoms with van der Waals surface area (Å²) in [6.07, 6.45) is 3.44. The van der Waals surface area contributed by atoms with Crippen molar-refractivity contribution in [2.45, 2.75) is 13.8 Å². The SMILES string of the molecule is Cc1ccc(Nc2nc(C)cc(N3CCN(C(=O)/C=C/c4ccc(Cl)cc4)CC3)n2)cc1. The minimum absolute atomic E-state index is 0.0141. The molecule has 2 heterocycles. The van der Waals surface area contributed by atoms with E-state index in [1.807, 2.05) is 60.4 Å². The fraction of sp³-hybridized carbons (Fsp3) is 0.240. The molecule has 6 nitrogen and oxygen atoms in total. The molecule has 164 valence electrons. The zero-order valence-corrected chi connectivity index (χ0v) is 19.0. The Hall–Kier alpha value is -3.38. The predicted molar refractivity (Wildman–Crippen MR) is 131 cm³/mol. The fourth-order valence-electron chi connectivity index (χ4n) is 3.54. The van der Waals surface area contributed by atoms with Gasteiger partial charge in [-0.05, 0) is 49.8 Å². The highest BCUT2D eigenvalue weighted by atomic mass is 35.5. The van der Waals surface area contributed by atoms with Crippen LogP contribution < -0.4 is 10.2 Å². The molecule has 2 aromatic carbocycles. The quantitative estimate of drug-likeness (QED) is 0.566. The molecule has 0 atom stereocenters. The Kier molecular flexibility index (Phi) is 6.71. The molecule has 0 aliphatic carbocycles. The molecule has 0 bridgehead atoms. The number of hydrogen-bond donors (Lipinski definition) is 1. The van der Waals surface area contributed by atoms with E-state index < -0.39 is 0 Å². The Morgan fingerprint density at radius 1 is 0.969 bits per heavy atom. The minimum atomic E-state index is 0.0141. The lowest BCUT2D eigenvalue weighted by atomic mass is 10.2. The van der Waals surface area contributed by atoms with Crippen molar-refractivity contribution in [3.63, 3.8) is 0 Å². The third-order valence-corrected chi connectivity index (χ3v) is 5.60. The van der Waals surface area contributed by atoms with Crippen LogP contribution in [0.25, 0.3) is 6.08 Å². The number of benzene rings is 2. The number of anilines is 3. The Balaban J connectivity index is 1.37. The van der Waals surface area contributed by atoms with Crippen molar-refractivity contribution >= 4 is 41.0 Å². The van der Waals surface area contributed by atoms with Crippen LogP contribution in [0.3, 0.4) is 0 Å². The zero-order chi connectivity index (χ0) is 22.5. The van der Waals surface area contributed by atoms with Gasteiger partial charge in [0.05, 0.1) is 0 Å². The number of hydrogen-bond acceptors (Lipinski definition) is 5. The second kappa shape index (κ2) is 9.83. The summed E-state index contributed by atoms with van der Waals surface area (Å²) in [5, 5.41) is 3.97. The van der Waals surface area contributed by atoms with Crippen LogP contribution in [-0.4, -0.2) is 47.0 Å². The van der Waals surface area contributed by atoms with Gasteiger partial charge < -0.3 is 15.1 Å². The molecule has 1 amide bonds. The van der Waals surface area contributed by atoms with E-state index in [9.17, 15) is 4.79 Å². The number of piperazine rings is 1. The summed E-state index contributed by atoms with van der Waals surface area (Å²) >= 11 is 5.91. The van der Waals surface area contributed by atoms with E-state index in [4.69, 9.17) is 16.6 Å². The van der Waals surface area contributed by atoms with Gasteiger partial charge >= 0.3 is 0 Å². The van der Waals surface area contributed by atoms with Crippen molar-refractivity contribution in [1.29, 1.82) is 0 Å². The first-order chi connectivity index (χ1) is 15.5. The molecular formula is C25H26ClN5O. The topological polar surface area (TPSA) is 61.4 Å². The summed E-state index contributed by atoms with van der Waals surface area (Å²) in [6, 6.07) is 17.5. The van der Waals surface area contributed by atoms with Crippen molar-refractivity contribution < 1.29 is 4.79 Å². The van der Waals surface area contributed by atoms with Crippen molar-refractivity contribution in [3.8, 4) is 0 Å². The minimum Gasteiger partial charge on any atom is -0.353 e. The molecule has 0 saturated carbocycles. The number of aryl methyl sites for hydroxylation is 2. The van der Waals surface area contributed by atoms with Gasteiger partial charge in [0.25, 0.3) is 0 Å². The third kappa shape index (κ3) is 5.65. The maximum atomic E-state index is 12.6. The number of aromatic nitrogens is 2. The normalized spacial score (nSPS) is 14.1. The largest absolute Gasteiger partial charge is 0.353 e. The molecule has 0 radical (unpaired) electrons. The first-order valence-corrected chi connectivity index (χ1v) is 11.0. The van der Waals surface area contributed by atoms with Crippen LogP contribution in [0.2, 0.25) is 5.02 Å². The second-order valence-electron chi connectivity index (χ2n) is 7.88. The molecule has 4 rings (SSSR count). The highest BCUT2D eigenvalue weighted by Gasteiger charge is 2.21. The molecule has 0 unspecified atom stereocenters. The molecule has 1 aliphatic rings. The summed E-state index contributed by atoms with van der Waals surface area (Å²) in [5.74, 6) is 1.46. The molecule has 1 fully saturated rings. The van der Waals surface area contributed by atoms with Crippen LogP contribution in [0, 0.1) is 13.8 Å². The molecule has 1 aliphatic heterocycles. The smallest absolute Gasteiger partial charge is 0.246 e. The molecule has 0 spiro atoms. The number of carbonyl (C=O) groups excluding carboxylic acids is 1. The Morgan fingerprint density at radius 3 is 2.34 bits per heavy atom.